The van der Waals surface area contributed by atoms with Crippen LogP contribution >= 0.6 is 0 Å². The first-order valence-corrected chi connectivity index (χ1v) is 4.47. The number of nitrogens with two attached hydrogens (primary N) is 1. The molecule has 78 valence electrons. The van der Waals surface area contributed by atoms with Crippen LogP contribution in [-0.4, -0.2) is 30.3 Å². The summed E-state index contributed by atoms with van der Waals surface area (Å²) in [5.74, 6) is -0.859. The molecule has 0 bridgehead atoms. The Labute approximate surface area is 79.1 Å². The molecule has 1 unspecified atom stereocenters. The minimum atomic E-state index is -0.859. The number of carboxylic acids is 1. The van der Waals surface area contributed by atoms with E-state index in [-0.39, 0.29) is 12.6 Å². The summed E-state index contributed by atoms with van der Waals surface area (Å²) in [6.07, 6.45) is 0.590. The number of aliphatic carboxylic acids is 1. The van der Waals surface area contributed by atoms with Gasteiger partial charge in [-0.1, -0.05) is 0 Å². The van der Waals surface area contributed by atoms with Crippen molar-refractivity contribution < 1.29 is 14.6 Å². The number of ether oxygens (including phenoxy) is 1. The van der Waals surface area contributed by atoms with Gasteiger partial charge in [-0.05, 0) is 27.2 Å². The molecule has 0 spiro atoms. The van der Waals surface area contributed by atoms with Crippen molar-refractivity contribution in [2.75, 3.05) is 13.2 Å². The van der Waals surface area contributed by atoms with Crippen molar-refractivity contribution in [1.82, 2.24) is 0 Å². The molecule has 0 aliphatic rings. The number of carbonyl (C=O) groups is 1. The second-order valence-electron chi connectivity index (χ2n) is 3.74. The van der Waals surface area contributed by atoms with E-state index in [9.17, 15) is 4.79 Å². The predicted octanol–water partition coefficient (Wildman–Crippen LogP) is 0.851. The Balaban J connectivity index is 3.92. The molecule has 1 atom stereocenters. The number of carboxylic acid groups (broad SMARTS) is 1. The summed E-state index contributed by atoms with van der Waals surface area (Å²) < 4.78 is 5.27. The number of hydrogen-bond acceptors (Lipinski definition) is 3. The monoisotopic (exact) mass is 189 g/mol. The summed E-state index contributed by atoms with van der Waals surface area (Å²) >= 11 is 0. The van der Waals surface area contributed by atoms with Gasteiger partial charge in [-0.25, -0.2) is 0 Å². The Bertz CT molecular complexity index is 170. The molecule has 4 nitrogen and oxygen atoms in total. The fourth-order valence-electron chi connectivity index (χ4n) is 0.816. The first-order valence-electron chi connectivity index (χ1n) is 4.47. The van der Waals surface area contributed by atoms with Crippen LogP contribution in [0.5, 0.6) is 0 Å². The average Bonchev–Trinajstić information content (AvgIpc) is 2.03. The Morgan fingerprint density at radius 1 is 1.62 bits per heavy atom. The SMILES string of the molecule is CC(C)OCCC(C)(CN)C(=O)O. The standard InChI is InChI=1S/C9H19NO3/c1-7(2)13-5-4-9(3,6-10)8(11)12/h7H,4-6,10H2,1-3H3,(H,11,12). The number of rotatable bonds is 6. The Morgan fingerprint density at radius 3 is 2.46 bits per heavy atom. The fourth-order valence-corrected chi connectivity index (χ4v) is 0.816. The van der Waals surface area contributed by atoms with Crippen LogP contribution in [0, 0.1) is 5.41 Å². The molecule has 0 heterocycles. The van der Waals surface area contributed by atoms with Crippen molar-refractivity contribution in [2.45, 2.75) is 33.3 Å². The second kappa shape index (κ2) is 5.19. The highest BCUT2D eigenvalue weighted by atomic mass is 16.5. The van der Waals surface area contributed by atoms with Crippen molar-refractivity contribution in [3.63, 3.8) is 0 Å². The summed E-state index contributed by atoms with van der Waals surface area (Å²) in [6, 6.07) is 0. The lowest BCUT2D eigenvalue weighted by Gasteiger charge is -2.22. The smallest absolute Gasteiger partial charge is 0.310 e. The molecular weight excluding hydrogens is 170 g/mol. The Kier molecular flexibility index (Phi) is 4.95. The highest BCUT2D eigenvalue weighted by Crippen LogP contribution is 2.19. The van der Waals surface area contributed by atoms with Crippen LogP contribution in [0.1, 0.15) is 27.2 Å². The lowest BCUT2D eigenvalue weighted by molar-refractivity contribution is -0.148. The predicted molar refractivity (Wildman–Crippen MR) is 50.5 cm³/mol. The first kappa shape index (κ1) is 12.4. The Morgan fingerprint density at radius 2 is 2.15 bits per heavy atom. The van der Waals surface area contributed by atoms with E-state index < -0.39 is 11.4 Å². The van der Waals surface area contributed by atoms with Gasteiger partial charge >= 0.3 is 5.97 Å². The average molecular weight is 189 g/mol. The van der Waals surface area contributed by atoms with Gasteiger partial charge in [-0.2, -0.15) is 0 Å². The van der Waals surface area contributed by atoms with E-state index in [0.717, 1.165) is 0 Å². The first-order chi connectivity index (χ1) is 5.92. The molecule has 0 aromatic heterocycles. The van der Waals surface area contributed by atoms with E-state index in [1.54, 1.807) is 6.92 Å². The third-order valence-corrected chi connectivity index (χ3v) is 2.07. The van der Waals surface area contributed by atoms with Gasteiger partial charge in [-0.3, -0.25) is 4.79 Å². The van der Waals surface area contributed by atoms with Crippen LogP contribution in [0.4, 0.5) is 0 Å². The fraction of sp³-hybridized carbons (Fsp3) is 0.889. The Hall–Kier alpha value is -0.610. The topological polar surface area (TPSA) is 72.5 Å². The number of hydrogen-bond donors (Lipinski definition) is 2. The van der Waals surface area contributed by atoms with Crippen LogP contribution in [0.2, 0.25) is 0 Å². The highest BCUT2D eigenvalue weighted by Gasteiger charge is 2.31. The summed E-state index contributed by atoms with van der Waals surface area (Å²) in [6.45, 7) is 6.06. The maximum Gasteiger partial charge on any atom is 0.310 e. The van der Waals surface area contributed by atoms with Gasteiger partial charge in [0.15, 0.2) is 0 Å². The second-order valence-corrected chi connectivity index (χ2v) is 3.74. The summed E-state index contributed by atoms with van der Waals surface area (Å²) in [7, 11) is 0. The van der Waals surface area contributed by atoms with Crippen LogP contribution in [0.25, 0.3) is 0 Å². The molecule has 0 saturated heterocycles. The zero-order valence-corrected chi connectivity index (χ0v) is 8.54. The molecule has 0 amide bonds. The molecule has 0 rings (SSSR count). The van der Waals surface area contributed by atoms with Crippen molar-refractivity contribution in [3.8, 4) is 0 Å². The molecule has 4 heteroatoms. The zero-order chi connectivity index (χ0) is 10.5. The zero-order valence-electron chi connectivity index (χ0n) is 8.54. The molecule has 0 aromatic rings. The summed E-state index contributed by atoms with van der Waals surface area (Å²) in [5, 5.41) is 8.86. The van der Waals surface area contributed by atoms with Crippen LogP contribution in [0.3, 0.4) is 0 Å². The van der Waals surface area contributed by atoms with Gasteiger partial charge < -0.3 is 15.6 Å². The lowest BCUT2D eigenvalue weighted by Crippen LogP contribution is -2.36. The van der Waals surface area contributed by atoms with Gasteiger partial charge in [0.1, 0.15) is 0 Å². The van der Waals surface area contributed by atoms with Gasteiger partial charge in [0.05, 0.1) is 11.5 Å². The third-order valence-electron chi connectivity index (χ3n) is 2.07. The quantitative estimate of drug-likeness (QED) is 0.649. The van der Waals surface area contributed by atoms with Crippen molar-refractivity contribution in [1.29, 1.82) is 0 Å². The van der Waals surface area contributed by atoms with E-state index in [2.05, 4.69) is 0 Å². The van der Waals surface area contributed by atoms with E-state index in [4.69, 9.17) is 15.6 Å². The summed E-state index contributed by atoms with van der Waals surface area (Å²) in [5.41, 5.74) is 4.54. The van der Waals surface area contributed by atoms with E-state index in [0.29, 0.717) is 13.0 Å². The molecule has 0 radical (unpaired) electrons. The highest BCUT2D eigenvalue weighted by molar-refractivity contribution is 5.74. The van der Waals surface area contributed by atoms with Gasteiger partial charge in [0.25, 0.3) is 0 Å². The largest absolute Gasteiger partial charge is 0.481 e. The van der Waals surface area contributed by atoms with Crippen molar-refractivity contribution >= 4 is 5.97 Å². The van der Waals surface area contributed by atoms with Crippen LogP contribution in [-0.2, 0) is 9.53 Å². The molecular formula is C9H19NO3. The molecule has 13 heavy (non-hydrogen) atoms. The maximum absolute atomic E-state index is 10.8. The van der Waals surface area contributed by atoms with E-state index in [1.807, 2.05) is 13.8 Å². The summed E-state index contributed by atoms with van der Waals surface area (Å²) in [4.78, 5) is 10.8. The lowest BCUT2D eigenvalue weighted by atomic mass is 9.87. The molecule has 3 N–H and O–H groups in total. The van der Waals surface area contributed by atoms with Crippen LogP contribution < -0.4 is 5.73 Å². The molecule has 0 aliphatic carbocycles. The van der Waals surface area contributed by atoms with Gasteiger partial charge in [0.2, 0.25) is 0 Å². The van der Waals surface area contributed by atoms with Gasteiger partial charge in [0, 0.05) is 13.2 Å². The minimum Gasteiger partial charge on any atom is -0.481 e. The molecule has 0 saturated carbocycles. The van der Waals surface area contributed by atoms with Gasteiger partial charge in [-0.15, -0.1) is 0 Å². The van der Waals surface area contributed by atoms with Crippen LogP contribution in [0.15, 0.2) is 0 Å². The van der Waals surface area contributed by atoms with E-state index in [1.165, 1.54) is 0 Å². The third kappa shape index (κ3) is 4.24. The maximum atomic E-state index is 10.8. The normalized spacial score (nSPS) is 15.8. The molecule has 0 aromatic carbocycles. The van der Waals surface area contributed by atoms with Crippen molar-refractivity contribution in [3.05, 3.63) is 0 Å². The van der Waals surface area contributed by atoms with Crippen molar-refractivity contribution in [2.24, 2.45) is 11.1 Å². The minimum absolute atomic E-state index is 0.135. The molecule has 0 aliphatic heterocycles. The van der Waals surface area contributed by atoms with E-state index >= 15 is 0 Å². The molecule has 0 fully saturated rings.